The first-order valence-corrected chi connectivity index (χ1v) is 7.86. The van der Waals surface area contributed by atoms with Crippen LogP contribution in [0.2, 0.25) is 0 Å². The first-order valence-electron chi connectivity index (χ1n) is 6.31. The van der Waals surface area contributed by atoms with Crippen molar-refractivity contribution in [2.75, 3.05) is 11.9 Å². The molecule has 0 aliphatic carbocycles. The van der Waals surface area contributed by atoms with Gasteiger partial charge in [0.2, 0.25) is 10.0 Å². The number of nitrogens with two attached hydrogens (primary N) is 1. The van der Waals surface area contributed by atoms with Gasteiger partial charge in [-0.1, -0.05) is 6.07 Å². The summed E-state index contributed by atoms with van der Waals surface area (Å²) in [5, 5.41) is 7.82. The summed E-state index contributed by atoms with van der Waals surface area (Å²) in [6, 6.07) is 4.61. The molecule has 20 heavy (non-hydrogen) atoms. The highest BCUT2D eigenvalue weighted by atomic mass is 32.2. The summed E-state index contributed by atoms with van der Waals surface area (Å²) >= 11 is 0. The molecular weight excluding hydrogens is 280 g/mol. The van der Waals surface area contributed by atoms with Gasteiger partial charge in [-0.25, -0.2) is 13.6 Å². The minimum absolute atomic E-state index is 0.00722. The molecule has 1 heterocycles. The van der Waals surface area contributed by atoms with E-state index < -0.39 is 15.6 Å². The van der Waals surface area contributed by atoms with Crippen molar-refractivity contribution < 1.29 is 17.9 Å². The fourth-order valence-electron chi connectivity index (χ4n) is 2.21. The van der Waals surface area contributed by atoms with Crippen molar-refractivity contribution in [2.24, 2.45) is 5.14 Å². The van der Waals surface area contributed by atoms with Crippen molar-refractivity contribution in [1.29, 1.82) is 0 Å². The maximum absolute atomic E-state index is 12.2. The highest BCUT2D eigenvalue weighted by Gasteiger charge is 2.37. The number of ether oxygens (including phenoxy) is 1. The number of benzene rings is 1. The summed E-state index contributed by atoms with van der Waals surface area (Å²) < 4.78 is 28.3. The zero-order valence-corrected chi connectivity index (χ0v) is 12.3. The van der Waals surface area contributed by atoms with Gasteiger partial charge in [0.15, 0.2) is 0 Å². The lowest BCUT2D eigenvalue weighted by molar-refractivity contribution is -0.133. The SMILES string of the molecule is Cc1ccc(NC(=O)C2(C)CCCO2)cc1S(N)(=O)=O. The molecule has 0 aromatic heterocycles. The Balaban J connectivity index is 2.25. The number of carbonyl (C=O) groups is 1. The van der Waals surface area contributed by atoms with Gasteiger partial charge in [0.25, 0.3) is 5.91 Å². The number of sulfonamides is 1. The average molecular weight is 298 g/mol. The third-order valence-corrected chi connectivity index (χ3v) is 4.50. The van der Waals surface area contributed by atoms with Crippen LogP contribution in [0.25, 0.3) is 0 Å². The van der Waals surface area contributed by atoms with Crippen LogP contribution < -0.4 is 10.5 Å². The predicted molar refractivity (Wildman–Crippen MR) is 74.8 cm³/mol. The Hall–Kier alpha value is -1.44. The Bertz CT molecular complexity index is 634. The summed E-state index contributed by atoms with van der Waals surface area (Å²) in [7, 11) is -3.81. The van der Waals surface area contributed by atoms with Gasteiger partial charge in [0, 0.05) is 12.3 Å². The molecule has 0 bridgehead atoms. The Kier molecular flexibility index (Phi) is 3.86. The molecule has 0 radical (unpaired) electrons. The topological polar surface area (TPSA) is 98.5 Å². The van der Waals surface area contributed by atoms with E-state index in [4.69, 9.17) is 9.88 Å². The molecule has 1 aromatic carbocycles. The van der Waals surface area contributed by atoms with Crippen molar-refractivity contribution in [1.82, 2.24) is 0 Å². The number of rotatable bonds is 3. The number of hydrogen-bond acceptors (Lipinski definition) is 4. The lowest BCUT2D eigenvalue weighted by Gasteiger charge is -2.22. The molecule has 6 nitrogen and oxygen atoms in total. The second kappa shape index (κ2) is 5.16. The molecule has 0 saturated carbocycles. The normalized spacial score (nSPS) is 22.8. The zero-order chi connectivity index (χ0) is 15.0. The second-order valence-corrected chi connectivity index (χ2v) is 6.69. The van der Waals surface area contributed by atoms with Gasteiger partial charge < -0.3 is 10.1 Å². The molecule has 3 N–H and O–H groups in total. The van der Waals surface area contributed by atoms with Gasteiger partial charge in [-0.15, -0.1) is 0 Å². The summed E-state index contributed by atoms with van der Waals surface area (Å²) in [6.07, 6.45) is 1.48. The summed E-state index contributed by atoms with van der Waals surface area (Å²) in [6.45, 7) is 3.93. The van der Waals surface area contributed by atoms with E-state index in [2.05, 4.69) is 5.32 Å². The molecule has 1 amide bonds. The van der Waals surface area contributed by atoms with E-state index in [1.54, 1.807) is 26.0 Å². The molecule has 0 spiro atoms. The van der Waals surface area contributed by atoms with Gasteiger partial charge in [-0.2, -0.15) is 0 Å². The van der Waals surface area contributed by atoms with E-state index in [0.717, 1.165) is 6.42 Å². The first kappa shape index (κ1) is 15.0. The monoisotopic (exact) mass is 298 g/mol. The van der Waals surface area contributed by atoms with E-state index in [9.17, 15) is 13.2 Å². The minimum Gasteiger partial charge on any atom is -0.365 e. The number of primary sulfonamides is 1. The quantitative estimate of drug-likeness (QED) is 0.874. The first-order chi connectivity index (χ1) is 9.22. The largest absolute Gasteiger partial charge is 0.365 e. The van der Waals surface area contributed by atoms with Gasteiger partial charge in [-0.3, -0.25) is 4.79 Å². The number of anilines is 1. The summed E-state index contributed by atoms with van der Waals surface area (Å²) in [4.78, 5) is 12.2. The number of aryl methyl sites for hydroxylation is 1. The van der Waals surface area contributed by atoms with Crippen LogP contribution in [0.1, 0.15) is 25.3 Å². The van der Waals surface area contributed by atoms with Crippen molar-refractivity contribution in [3.05, 3.63) is 23.8 Å². The van der Waals surface area contributed by atoms with Crippen LogP contribution in [0.3, 0.4) is 0 Å². The third-order valence-electron chi connectivity index (χ3n) is 3.45. The fourth-order valence-corrected chi connectivity index (χ4v) is 3.01. The number of amides is 1. The van der Waals surface area contributed by atoms with E-state index in [1.165, 1.54) is 6.07 Å². The molecule has 1 aliphatic rings. The Morgan fingerprint density at radius 3 is 2.70 bits per heavy atom. The molecule has 1 aliphatic heterocycles. The maximum Gasteiger partial charge on any atom is 0.256 e. The Morgan fingerprint density at radius 1 is 1.45 bits per heavy atom. The highest BCUT2D eigenvalue weighted by molar-refractivity contribution is 7.89. The molecule has 110 valence electrons. The van der Waals surface area contributed by atoms with Gasteiger partial charge >= 0.3 is 0 Å². The smallest absolute Gasteiger partial charge is 0.256 e. The van der Waals surface area contributed by atoms with Crippen LogP contribution in [-0.4, -0.2) is 26.5 Å². The van der Waals surface area contributed by atoms with Crippen LogP contribution in [0.15, 0.2) is 23.1 Å². The van der Waals surface area contributed by atoms with Crippen LogP contribution in [-0.2, 0) is 19.6 Å². The van der Waals surface area contributed by atoms with Crippen molar-refractivity contribution >= 4 is 21.6 Å². The van der Waals surface area contributed by atoms with Crippen LogP contribution >= 0.6 is 0 Å². The van der Waals surface area contributed by atoms with E-state index in [-0.39, 0.29) is 10.8 Å². The maximum atomic E-state index is 12.2. The lowest BCUT2D eigenvalue weighted by atomic mass is 10.0. The minimum atomic E-state index is -3.81. The van der Waals surface area contributed by atoms with Crippen LogP contribution in [0, 0.1) is 6.92 Å². The third kappa shape index (κ3) is 3.00. The fraction of sp³-hybridized carbons (Fsp3) is 0.462. The molecule has 7 heteroatoms. The van der Waals surface area contributed by atoms with Crippen molar-refractivity contribution in [3.63, 3.8) is 0 Å². The molecule has 1 fully saturated rings. The van der Waals surface area contributed by atoms with E-state index >= 15 is 0 Å². The molecule has 1 unspecified atom stereocenters. The molecule has 2 rings (SSSR count). The summed E-state index contributed by atoms with van der Waals surface area (Å²) in [5.41, 5.74) is 0.0716. The Morgan fingerprint density at radius 2 is 2.15 bits per heavy atom. The van der Waals surface area contributed by atoms with Crippen molar-refractivity contribution in [3.8, 4) is 0 Å². The predicted octanol–water partition coefficient (Wildman–Crippen LogP) is 1.15. The standard InChI is InChI=1S/C13H18N2O4S/c1-9-4-5-10(8-11(9)20(14,17)18)15-12(16)13(2)6-3-7-19-13/h4-5,8H,3,6-7H2,1-2H3,(H,15,16)(H2,14,17,18). The number of carbonyl (C=O) groups excluding carboxylic acids is 1. The molecular formula is C13H18N2O4S. The molecule has 1 atom stereocenters. The van der Waals surface area contributed by atoms with Crippen LogP contribution in [0.5, 0.6) is 0 Å². The van der Waals surface area contributed by atoms with Gasteiger partial charge in [-0.05, 0) is 44.4 Å². The van der Waals surface area contributed by atoms with E-state index in [0.29, 0.717) is 24.3 Å². The van der Waals surface area contributed by atoms with Gasteiger partial charge in [0.05, 0.1) is 4.90 Å². The lowest BCUT2D eigenvalue weighted by Crippen LogP contribution is -2.39. The van der Waals surface area contributed by atoms with E-state index in [1.807, 2.05) is 0 Å². The highest BCUT2D eigenvalue weighted by Crippen LogP contribution is 2.27. The Labute approximate surface area is 118 Å². The second-order valence-electron chi connectivity index (χ2n) is 5.16. The average Bonchev–Trinajstić information content (AvgIpc) is 2.78. The van der Waals surface area contributed by atoms with Crippen molar-refractivity contribution in [2.45, 2.75) is 37.2 Å². The number of nitrogens with one attached hydrogen (secondary N) is 1. The van der Waals surface area contributed by atoms with Gasteiger partial charge in [0.1, 0.15) is 5.60 Å². The summed E-state index contributed by atoms with van der Waals surface area (Å²) in [5.74, 6) is -0.278. The number of hydrogen-bond donors (Lipinski definition) is 2. The zero-order valence-electron chi connectivity index (χ0n) is 11.5. The van der Waals surface area contributed by atoms with Crippen LogP contribution in [0.4, 0.5) is 5.69 Å². The molecule has 1 saturated heterocycles. The molecule has 1 aromatic rings.